The number of aliphatic hydroxyl groups is 1. The van der Waals surface area contributed by atoms with E-state index in [-0.39, 0.29) is 5.92 Å². The van der Waals surface area contributed by atoms with Gasteiger partial charge in [-0.2, -0.15) is 0 Å². The van der Waals surface area contributed by atoms with Crippen molar-refractivity contribution < 1.29 is 34.2 Å². The Labute approximate surface area is 175 Å². The summed E-state index contributed by atoms with van der Waals surface area (Å²) in [4.78, 5) is 59.5. The molecule has 4 amide bonds. The topological polar surface area (TPSA) is 200 Å². The van der Waals surface area contributed by atoms with Crippen LogP contribution < -0.4 is 27.0 Å². The summed E-state index contributed by atoms with van der Waals surface area (Å²) >= 11 is 0. The monoisotopic (exact) mass is 431 g/mol. The first kappa shape index (κ1) is 27.3. The number of carbonyl (C=O) groups excluding carboxylic acids is 4. The molecule has 12 heteroatoms. The van der Waals surface area contributed by atoms with Crippen LogP contribution in [0.5, 0.6) is 0 Å². The standard InChI is InChI=1S/C18H33N5O7/c1-7(2)12(19)16(27)20-9(4)15(26)23-13(11(6)24)17(28)21-8(3)14(25)22-10(5)18(29)30/h7-13,24H,19H2,1-6H3,(H,20,27)(H,21,28)(H,22,25)(H,23,26)(H,29,30)/t8-,9-,10-,11+,12-,13-/m0/s1. The molecule has 172 valence electrons. The van der Waals surface area contributed by atoms with Gasteiger partial charge in [-0.25, -0.2) is 0 Å². The number of amides is 4. The van der Waals surface area contributed by atoms with Crippen molar-refractivity contribution in [2.75, 3.05) is 0 Å². The van der Waals surface area contributed by atoms with Gasteiger partial charge in [0.25, 0.3) is 0 Å². The van der Waals surface area contributed by atoms with Gasteiger partial charge in [0.1, 0.15) is 24.2 Å². The van der Waals surface area contributed by atoms with Crippen molar-refractivity contribution in [2.24, 2.45) is 11.7 Å². The van der Waals surface area contributed by atoms with E-state index in [9.17, 15) is 29.1 Å². The van der Waals surface area contributed by atoms with Crippen molar-refractivity contribution in [3.05, 3.63) is 0 Å². The first-order valence-electron chi connectivity index (χ1n) is 9.56. The summed E-state index contributed by atoms with van der Waals surface area (Å²) in [5, 5.41) is 27.9. The molecule has 0 spiro atoms. The normalized spacial score (nSPS) is 17.0. The van der Waals surface area contributed by atoms with Crippen molar-refractivity contribution >= 4 is 29.6 Å². The number of hydrogen-bond donors (Lipinski definition) is 7. The van der Waals surface area contributed by atoms with E-state index in [1.54, 1.807) is 13.8 Å². The second-order valence-corrected chi connectivity index (χ2v) is 7.53. The van der Waals surface area contributed by atoms with E-state index in [4.69, 9.17) is 10.8 Å². The predicted molar refractivity (Wildman–Crippen MR) is 107 cm³/mol. The SMILES string of the molecule is CC(C)[C@H](N)C(=O)N[C@@H](C)C(=O)N[C@H](C(=O)N[C@@H](C)C(=O)N[C@@H](C)C(=O)O)[C@@H](C)O. The maximum absolute atomic E-state index is 12.4. The fourth-order valence-electron chi connectivity index (χ4n) is 2.13. The molecule has 0 aliphatic heterocycles. The van der Waals surface area contributed by atoms with Gasteiger partial charge in [0.05, 0.1) is 12.1 Å². The number of aliphatic carboxylic acids is 1. The van der Waals surface area contributed by atoms with Crippen LogP contribution in [-0.4, -0.2) is 76.1 Å². The summed E-state index contributed by atoms with van der Waals surface area (Å²) in [6.45, 7) is 8.72. The zero-order chi connectivity index (χ0) is 23.8. The minimum absolute atomic E-state index is 0.146. The van der Waals surface area contributed by atoms with Gasteiger partial charge in [0.15, 0.2) is 0 Å². The summed E-state index contributed by atoms with van der Waals surface area (Å²) in [7, 11) is 0. The summed E-state index contributed by atoms with van der Waals surface area (Å²) in [5.74, 6) is -4.28. The highest BCUT2D eigenvalue weighted by molar-refractivity contribution is 5.95. The number of nitrogens with two attached hydrogens (primary N) is 1. The zero-order valence-corrected chi connectivity index (χ0v) is 18.1. The third kappa shape index (κ3) is 8.74. The Balaban J connectivity index is 4.97. The van der Waals surface area contributed by atoms with Crippen molar-refractivity contribution in [1.29, 1.82) is 0 Å². The average molecular weight is 431 g/mol. The fourth-order valence-corrected chi connectivity index (χ4v) is 2.13. The largest absolute Gasteiger partial charge is 0.480 e. The molecule has 0 saturated carbocycles. The lowest BCUT2D eigenvalue weighted by atomic mass is 10.0. The van der Waals surface area contributed by atoms with Gasteiger partial charge >= 0.3 is 5.97 Å². The third-order valence-electron chi connectivity index (χ3n) is 4.32. The molecule has 0 aliphatic carbocycles. The smallest absolute Gasteiger partial charge is 0.325 e. The van der Waals surface area contributed by atoms with Gasteiger partial charge in [-0.1, -0.05) is 13.8 Å². The van der Waals surface area contributed by atoms with E-state index in [1.807, 2.05) is 0 Å². The van der Waals surface area contributed by atoms with Crippen LogP contribution >= 0.6 is 0 Å². The summed E-state index contributed by atoms with van der Waals surface area (Å²) < 4.78 is 0. The van der Waals surface area contributed by atoms with Gasteiger partial charge in [-0.3, -0.25) is 24.0 Å². The van der Waals surface area contributed by atoms with E-state index >= 15 is 0 Å². The molecule has 0 aromatic carbocycles. The van der Waals surface area contributed by atoms with Crippen molar-refractivity contribution in [3.63, 3.8) is 0 Å². The molecule has 30 heavy (non-hydrogen) atoms. The number of aliphatic hydroxyl groups excluding tert-OH is 1. The highest BCUT2D eigenvalue weighted by atomic mass is 16.4. The zero-order valence-electron chi connectivity index (χ0n) is 18.1. The van der Waals surface area contributed by atoms with Crippen molar-refractivity contribution in [3.8, 4) is 0 Å². The lowest BCUT2D eigenvalue weighted by molar-refractivity contribution is -0.141. The molecule has 0 radical (unpaired) electrons. The van der Waals surface area contributed by atoms with Crippen LogP contribution in [0, 0.1) is 5.92 Å². The second-order valence-electron chi connectivity index (χ2n) is 7.53. The van der Waals surface area contributed by atoms with E-state index in [2.05, 4.69) is 21.3 Å². The van der Waals surface area contributed by atoms with Crippen LogP contribution in [0.4, 0.5) is 0 Å². The first-order chi connectivity index (χ1) is 13.7. The molecule has 0 fully saturated rings. The predicted octanol–water partition coefficient (Wildman–Crippen LogP) is -2.57. The minimum atomic E-state index is -1.41. The molecule has 0 aliphatic rings. The second kappa shape index (κ2) is 12.1. The Bertz CT molecular complexity index is 653. The first-order valence-corrected chi connectivity index (χ1v) is 9.56. The summed E-state index contributed by atoms with van der Waals surface area (Å²) in [6, 6.07) is -5.55. The van der Waals surface area contributed by atoms with Crippen LogP contribution in [0.15, 0.2) is 0 Å². The highest BCUT2D eigenvalue weighted by Gasteiger charge is 2.31. The number of carboxylic acid groups (broad SMARTS) is 1. The maximum Gasteiger partial charge on any atom is 0.325 e. The highest BCUT2D eigenvalue weighted by Crippen LogP contribution is 2.00. The Hall–Kier alpha value is -2.73. The number of nitrogens with one attached hydrogen (secondary N) is 4. The van der Waals surface area contributed by atoms with Gasteiger partial charge in [0, 0.05) is 0 Å². The lowest BCUT2D eigenvalue weighted by Crippen LogP contribution is -2.60. The Morgan fingerprint density at radius 1 is 0.667 bits per heavy atom. The summed E-state index contributed by atoms with van der Waals surface area (Å²) in [5.41, 5.74) is 5.72. The van der Waals surface area contributed by atoms with Gasteiger partial charge in [0.2, 0.25) is 23.6 Å². The van der Waals surface area contributed by atoms with Crippen LogP contribution in [0.2, 0.25) is 0 Å². The molecule has 0 unspecified atom stereocenters. The number of carbonyl (C=O) groups is 5. The van der Waals surface area contributed by atoms with Crippen LogP contribution in [0.1, 0.15) is 41.5 Å². The van der Waals surface area contributed by atoms with E-state index in [1.165, 1.54) is 27.7 Å². The van der Waals surface area contributed by atoms with Crippen LogP contribution in [0.25, 0.3) is 0 Å². The molecule has 0 aromatic rings. The molecule has 8 N–H and O–H groups in total. The quantitative estimate of drug-likeness (QED) is 0.185. The molecular formula is C18H33N5O7. The Morgan fingerprint density at radius 2 is 1.07 bits per heavy atom. The lowest BCUT2D eigenvalue weighted by Gasteiger charge is -2.25. The number of hydrogen-bond acceptors (Lipinski definition) is 7. The number of rotatable bonds is 11. The summed E-state index contributed by atoms with van der Waals surface area (Å²) in [6.07, 6.45) is -1.32. The molecule has 0 bridgehead atoms. The van der Waals surface area contributed by atoms with E-state index in [0.717, 1.165) is 0 Å². The average Bonchev–Trinajstić information content (AvgIpc) is 2.63. The van der Waals surface area contributed by atoms with E-state index < -0.39 is 65.9 Å². The van der Waals surface area contributed by atoms with E-state index in [0.29, 0.717) is 0 Å². The van der Waals surface area contributed by atoms with Crippen molar-refractivity contribution in [2.45, 2.75) is 77.9 Å². The fraction of sp³-hybridized carbons (Fsp3) is 0.722. The van der Waals surface area contributed by atoms with Crippen molar-refractivity contribution in [1.82, 2.24) is 21.3 Å². The number of carboxylic acids is 1. The van der Waals surface area contributed by atoms with Gasteiger partial charge in [-0.15, -0.1) is 0 Å². The molecule has 6 atom stereocenters. The molecule has 0 saturated heterocycles. The third-order valence-corrected chi connectivity index (χ3v) is 4.32. The Kier molecular flexibility index (Phi) is 11.0. The minimum Gasteiger partial charge on any atom is -0.480 e. The van der Waals surface area contributed by atoms with Gasteiger partial charge in [-0.05, 0) is 33.6 Å². The Morgan fingerprint density at radius 3 is 1.47 bits per heavy atom. The molecule has 12 nitrogen and oxygen atoms in total. The molecule has 0 aromatic heterocycles. The maximum atomic E-state index is 12.4. The molecule has 0 heterocycles. The molecule has 0 rings (SSSR count). The van der Waals surface area contributed by atoms with Gasteiger partial charge < -0.3 is 37.2 Å². The molecular weight excluding hydrogens is 398 g/mol. The van der Waals surface area contributed by atoms with Crippen LogP contribution in [0.3, 0.4) is 0 Å². The van der Waals surface area contributed by atoms with Crippen LogP contribution in [-0.2, 0) is 24.0 Å².